The summed E-state index contributed by atoms with van der Waals surface area (Å²) in [4.78, 5) is 13.2. The van der Waals surface area contributed by atoms with Crippen LogP contribution in [0.5, 0.6) is 0 Å². The van der Waals surface area contributed by atoms with Gasteiger partial charge in [0.15, 0.2) is 0 Å². The monoisotopic (exact) mass is 238 g/mol. The van der Waals surface area contributed by atoms with Crippen LogP contribution in [0.15, 0.2) is 24.3 Å². The molecule has 1 aliphatic rings. The van der Waals surface area contributed by atoms with Crippen molar-refractivity contribution >= 4 is 23.2 Å². The molecule has 1 saturated heterocycles. The maximum absolute atomic E-state index is 10.9. The molecule has 2 rings (SSSR count). The fraction of sp³-hybridized carbons (Fsp3) is 0.417. The molecule has 0 saturated carbocycles. The Morgan fingerprint density at radius 3 is 3.06 bits per heavy atom. The number of nitrogens with zero attached hydrogens (tertiary/aromatic N) is 1. The van der Waals surface area contributed by atoms with E-state index in [9.17, 15) is 4.79 Å². The van der Waals surface area contributed by atoms with E-state index in [-0.39, 0.29) is 11.9 Å². The lowest BCUT2D eigenvalue weighted by Crippen LogP contribution is -2.35. The Labute approximate surface area is 100 Å². The second-order valence-corrected chi connectivity index (χ2v) is 4.55. The van der Waals surface area contributed by atoms with E-state index in [0.717, 1.165) is 30.2 Å². The van der Waals surface area contributed by atoms with Crippen LogP contribution < -0.4 is 10.2 Å². The fourth-order valence-corrected chi connectivity index (χ4v) is 2.26. The van der Waals surface area contributed by atoms with E-state index in [1.165, 1.54) is 0 Å². The van der Waals surface area contributed by atoms with Gasteiger partial charge in [0.2, 0.25) is 5.91 Å². The third-order valence-corrected chi connectivity index (χ3v) is 3.00. The zero-order valence-electron chi connectivity index (χ0n) is 9.24. The molecular weight excluding hydrogens is 224 g/mol. The second-order valence-electron chi connectivity index (χ2n) is 4.11. The van der Waals surface area contributed by atoms with Gasteiger partial charge in [-0.3, -0.25) is 4.79 Å². The predicted molar refractivity (Wildman–Crippen MR) is 65.9 cm³/mol. The minimum absolute atomic E-state index is 0.0398. The molecule has 86 valence electrons. The number of anilines is 1. The Balaban J connectivity index is 2.00. The van der Waals surface area contributed by atoms with Gasteiger partial charge in [-0.05, 0) is 24.6 Å². The number of rotatable bonds is 2. The van der Waals surface area contributed by atoms with E-state index in [2.05, 4.69) is 10.2 Å². The lowest BCUT2D eigenvalue weighted by atomic mass is 10.2. The fourth-order valence-electron chi connectivity index (χ4n) is 2.07. The minimum atomic E-state index is 0.0398. The van der Waals surface area contributed by atoms with Crippen LogP contribution >= 0.6 is 11.6 Å². The van der Waals surface area contributed by atoms with Crippen molar-refractivity contribution < 1.29 is 4.79 Å². The molecule has 1 aromatic rings. The SMILES string of the molecule is CC(=O)NC1CCN(c2cccc(Cl)c2)C1. The van der Waals surface area contributed by atoms with Crippen LogP contribution in [-0.4, -0.2) is 25.0 Å². The number of benzene rings is 1. The number of halogens is 1. The Morgan fingerprint density at radius 1 is 1.56 bits per heavy atom. The summed E-state index contributed by atoms with van der Waals surface area (Å²) in [7, 11) is 0. The second kappa shape index (κ2) is 4.74. The van der Waals surface area contributed by atoms with E-state index >= 15 is 0 Å². The number of amides is 1. The highest BCUT2D eigenvalue weighted by atomic mass is 35.5. The summed E-state index contributed by atoms with van der Waals surface area (Å²) >= 11 is 5.95. The first-order valence-corrected chi connectivity index (χ1v) is 5.80. The van der Waals surface area contributed by atoms with Crippen LogP contribution in [0, 0.1) is 0 Å². The molecule has 0 aromatic heterocycles. The molecule has 0 radical (unpaired) electrons. The first kappa shape index (κ1) is 11.3. The van der Waals surface area contributed by atoms with Gasteiger partial charge in [0.1, 0.15) is 0 Å². The van der Waals surface area contributed by atoms with Crippen molar-refractivity contribution in [1.82, 2.24) is 5.32 Å². The van der Waals surface area contributed by atoms with Gasteiger partial charge in [0.25, 0.3) is 0 Å². The van der Waals surface area contributed by atoms with Crippen molar-refractivity contribution in [2.75, 3.05) is 18.0 Å². The standard InChI is InChI=1S/C12H15ClN2O/c1-9(16)14-11-5-6-15(8-11)12-4-2-3-10(13)7-12/h2-4,7,11H,5-6,8H2,1H3,(H,14,16). The molecule has 1 heterocycles. The molecule has 1 fully saturated rings. The van der Waals surface area contributed by atoms with Crippen LogP contribution in [0.1, 0.15) is 13.3 Å². The van der Waals surface area contributed by atoms with E-state index in [4.69, 9.17) is 11.6 Å². The molecule has 1 atom stereocenters. The van der Waals surface area contributed by atoms with Crippen molar-refractivity contribution in [2.45, 2.75) is 19.4 Å². The predicted octanol–water partition coefficient (Wildman–Crippen LogP) is 2.05. The van der Waals surface area contributed by atoms with Gasteiger partial charge in [-0.2, -0.15) is 0 Å². The van der Waals surface area contributed by atoms with Crippen molar-refractivity contribution in [3.63, 3.8) is 0 Å². The molecule has 1 N–H and O–H groups in total. The van der Waals surface area contributed by atoms with Crippen LogP contribution in [-0.2, 0) is 4.79 Å². The first-order valence-electron chi connectivity index (χ1n) is 5.43. The molecule has 4 heteroatoms. The van der Waals surface area contributed by atoms with Crippen molar-refractivity contribution in [3.8, 4) is 0 Å². The van der Waals surface area contributed by atoms with Crippen LogP contribution in [0.4, 0.5) is 5.69 Å². The normalized spacial score (nSPS) is 19.9. The quantitative estimate of drug-likeness (QED) is 0.856. The molecule has 1 amide bonds. The largest absolute Gasteiger partial charge is 0.369 e. The Bertz CT molecular complexity index is 394. The summed E-state index contributed by atoms with van der Waals surface area (Å²) in [5.41, 5.74) is 1.13. The van der Waals surface area contributed by atoms with E-state index in [0.29, 0.717) is 0 Å². The highest BCUT2D eigenvalue weighted by Crippen LogP contribution is 2.23. The summed E-state index contributed by atoms with van der Waals surface area (Å²) in [6, 6.07) is 8.08. The van der Waals surface area contributed by atoms with Gasteiger partial charge in [-0.25, -0.2) is 0 Å². The molecule has 1 unspecified atom stereocenters. The molecular formula is C12H15ClN2O. The van der Waals surface area contributed by atoms with Crippen LogP contribution in [0.2, 0.25) is 5.02 Å². The molecule has 0 spiro atoms. The lowest BCUT2D eigenvalue weighted by molar-refractivity contribution is -0.119. The van der Waals surface area contributed by atoms with Crippen molar-refractivity contribution in [2.24, 2.45) is 0 Å². The maximum Gasteiger partial charge on any atom is 0.217 e. The summed E-state index contributed by atoms with van der Waals surface area (Å²) in [5.74, 6) is 0.0398. The number of hydrogen-bond donors (Lipinski definition) is 1. The highest BCUT2D eigenvalue weighted by molar-refractivity contribution is 6.30. The van der Waals surface area contributed by atoms with Crippen LogP contribution in [0.3, 0.4) is 0 Å². The van der Waals surface area contributed by atoms with Gasteiger partial charge < -0.3 is 10.2 Å². The Hall–Kier alpha value is -1.22. The topological polar surface area (TPSA) is 32.3 Å². The average molecular weight is 239 g/mol. The zero-order valence-corrected chi connectivity index (χ0v) is 10.00. The number of carbonyl (C=O) groups is 1. The van der Waals surface area contributed by atoms with Gasteiger partial charge in [-0.15, -0.1) is 0 Å². The Kier molecular flexibility index (Phi) is 3.34. The highest BCUT2D eigenvalue weighted by Gasteiger charge is 2.22. The zero-order chi connectivity index (χ0) is 11.5. The van der Waals surface area contributed by atoms with E-state index in [1.807, 2.05) is 24.3 Å². The first-order chi connectivity index (χ1) is 7.65. The Morgan fingerprint density at radius 2 is 2.38 bits per heavy atom. The summed E-state index contributed by atoms with van der Waals surface area (Å²) < 4.78 is 0. The summed E-state index contributed by atoms with van der Waals surface area (Å²) in [5, 5.41) is 3.69. The third-order valence-electron chi connectivity index (χ3n) is 2.77. The smallest absolute Gasteiger partial charge is 0.217 e. The van der Waals surface area contributed by atoms with Crippen molar-refractivity contribution in [1.29, 1.82) is 0 Å². The molecule has 1 aliphatic heterocycles. The van der Waals surface area contributed by atoms with Crippen molar-refractivity contribution in [3.05, 3.63) is 29.3 Å². The van der Waals surface area contributed by atoms with E-state index < -0.39 is 0 Å². The number of carbonyl (C=O) groups excluding carboxylic acids is 1. The summed E-state index contributed by atoms with van der Waals surface area (Å²) in [6.07, 6.45) is 0.992. The van der Waals surface area contributed by atoms with Gasteiger partial charge in [0, 0.05) is 36.8 Å². The minimum Gasteiger partial charge on any atom is -0.369 e. The maximum atomic E-state index is 10.9. The molecule has 16 heavy (non-hydrogen) atoms. The lowest BCUT2D eigenvalue weighted by Gasteiger charge is -2.19. The number of hydrogen-bond acceptors (Lipinski definition) is 2. The van der Waals surface area contributed by atoms with Gasteiger partial charge in [-0.1, -0.05) is 17.7 Å². The molecule has 3 nitrogen and oxygen atoms in total. The van der Waals surface area contributed by atoms with Gasteiger partial charge in [0.05, 0.1) is 0 Å². The van der Waals surface area contributed by atoms with Crippen LogP contribution in [0.25, 0.3) is 0 Å². The molecule has 0 aliphatic carbocycles. The summed E-state index contributed by atoms with van der Waals surface area (Å²) in [6.45, 7) is 3.38. The average Bonchev–Trinajstić information content (AvgIpc) is 2.65. The molecule has 0 bridgehead atoms. The number of nitrogens with one attached hydrogen (secondary N) is 1. The third kappa shape index (κ3) is 2.67. The van der Waals surface area contributed by atoms with E-state index in [1.54, 1.807) is 6.92 Å². The van der Waals surface area contributed by atoms with Gasteiger partial charge >= 0.3 is 0 Å². The molecule has 1 aromatic carbocycles.